The molecule has 1 aromatic carbocycles. The lowest BCUT2D eigenvalue weighted by Gasteiger charge is -2.36. The summed E-state index contributed by atoms with van der Waals surface area (Å²) in [6.07, 6.45) is 8.35. The summed E-state index contributed by atoms with van der Waals surface area (Å²) in [5.74, 6) is 0.747. The van der Waals surface area contributed by atoms with Crippen molar-refractivity contribution < 1.29 is 4.74 Å². The van der Waals surface area contributed by atoms with E-state index in [0.29, 0.717) is 12.1 Å². The quantitative estimate of drug-likeness (QED) is 0.783. The van der Waals surface area contributed by atoms with Crippen molar-refractivity contribution in [3.8, 4) is 0 Å². The van der Waals surface area contributed by atoms with Gasteiger partial charge in [0.1, 0.15) is 0 Å². The molecule has 0 aliphatic heterocycles. The Bertz CT molecular complexity index is 408. The normalized spacial score (nSPS) is 26.6. The Morgan fingerprint density at radius 2 is 1.80 bits per heavy atom. The van der Waals surface area contributed by atoms with E-state index in [2.05, 4.69) is 45.5 Å². The van der Waals surface area contributed by atoms with Crippen molar-refractivity contribution in [1.82, 2.24) is 5.32 Å². The van der Waals surface area contributed by atoms with Gasteiger partial charge in [-0.1, -0.05) is 40.9 Å². The highest BCUT2D eigenvalue weighted by molar-refractivity contribution is 9.10. The molecule has 1 aromatic rings. The number of ether oxygens (including phenoxy) is 1. The molecule has 110 valence electrons. The van der Waals surface area contributed by atoms with Crippen LogP contribution in [0.1, 0.15) is 50.0 Å². The Kier molecular flexibility index (Phi) is 5.14. The molecule has 0 radical (unpaired) electrons. The van der Waals surface area contributed by atoms with Crippen LogP contribution in [0.2, 0.25) is 0 Å². The minimum Gasteiger partial charge on any atom is -0.377 e. The fourth-order valence-electron chi connectivity index (χ4n) is 3.34. The number of halogens is 1. The van der Waals surface area contributed by atoms with Gasteiger partial charge in [-0.15, -0.1) is 0 Å². The van der Waals surface area contributed by atoms with Gasteiger partial charge in [-0.3, -0.25) is 0 Å². The molecule has 3 rings (SSSR count). The maximum atomic E-state index is 5.88. The Hall–Kier alpha value is -0.380. The second-order valence-electron chi connectivity index (χ2n) is 6.15. The van der Waals surface area contributed by atoms with Crippen LogP contribution < -0.4 is 5.32 Å². The van der Waals surface area contributed by atoms with Crippen molar-refractivity contribution in [2.45, 2.75) is 56.6 Å². The number of rotatable bonds is 6. The molecule has 2 fully saturated rings. The molecule has 0 atom stereocenters. The molecule has 20 heavy (non-hydrogen) atoms. The van der Waals surface area contributed by atoms with Gasteiger partial charge in [0.25, 0.3) is 0 Å². The Morgan fingerprint density at radius 3 is 2.50 bits per heavy atom. The number of hydrogen-bond acceptors (Lipinski definition) is 2. The van der Waals surface area contributed by atoms with E-state index >= 15 is 0 Å². The minimum absolute atomic E-state index is 0.550. The number of hydrogen-bond donors (Lipinski definition) is 1. The summed E-state index contributed by atoms with van der Waals surface area (Å²) in [4.78, 5) is 0. The van der Waals surface area contributed by atoms with E-state index in [1.165, 1.54) is 48.6 Å². The van der Waals surface area contributed by atoms with Crippen molar-refractivity contribution >= 4 is 15.9 Å². The van der Waals surface area contributed by atoms with Crippen molar-refractivity contribution in [2.24, 2.45) is 0 Å². The van der Waals surface area contributed by atoms with Gasteiger partial charge < -0.3 is 10.1 Å². The fourth-order valence-corrected chi connectivity index (χ4v) is 3.60. The van der Waals surface area contributed by atoms with Crippen LogP contribution in [0.4, 0.5) is 0 Å². The third-order valence-electron chi connectivity index (χ3n) is 4.67. The minimum atomic E-state index is 0.550. The van der Waals surface area contributed by atoms with Crippen LogP contribution in [0.3, 0.4) is 0 Å². The first kappa shape index (κ1) is 14.6. The van der Waals surface area contributed by atoms with Gasteiger partial charge in [0, 0.05) is 17.1 Å². The topological polar surface area (TPSA) is 21.3 Å². The van der Waals surface area contributed by atoms with E-state index in [1.807, 2.05) is 0 Å². The molecule has 0 saturated heterocycles. The number of nitrogens with one attached hydrogen (secondary N) is 1. The molecule has 2 saturated carbocycles. The molecule has 2 aliphatic carbocycles. The second kappa shape index (κ2) is 7.06. The zero-order valence-corrected chi connectivity index (χ0v) is 13.6. The lowest BCUT2D eigenvalue weighted by molar-refractivity contribution is 0.0571. The van der Waals surface area contributed by atoms with Crippen LogP contribution in [0.5, 0.6) is 0 Å². The molecule has 0 bridgehead atoms. The van der Waals surface area contributed by atoms with Crippen LogP contribution in [-0.4, -0.2) is 25.3 Å². The van der Waals surface area contributed by atoms with Gasteiger partial charge in [0.2, 0.25) is 0 Å². The van der Waals surface area contributed by atoms with Gasteiger partial charge in [-0.25, -0.2) is 0 Å². The highest BCUT2D eigenvalue weighted by Gasteiger charge is 2.29. The first-order chi connectivity index (χ1) is 9.81. The predicted molar refractivity (Wildman–Crippen MR) is 86.1 cm³/mol. The smallest absolute Gasteiger partial charge is 0.0594 e. The summed E-state index contributed by atoms with van der Waals surface area (Å²) in [6.45, 7) is 1.89. The molecule has 3 heteroatoms. The molecular weight excluding hydrogens is 314 g/mol. The summed E-state index contributed by atoms with van der Waals surface area (Å²) in [5, 5.41) is 3.62. The third-order valence-corrected chi connectivity index (χ3v) is 5.20. The summed E-state index contributed by atoms with van der Waals surface area (Å²) in [7, 11) is 0. The fraction of sp³-hybridized carbons (Fsp3) is 0.647. The van der Waals surface area contributed by atoms with Crippen LogP contribution >= 0.6 is 15.9 Å². The maximum absolute atomic E-state index is 5.88. The monoisotopic (exact) mass is 337 g/mol. The van der Waals surface area contributed by atoms with E-state index in [-0.39, 0.29) is 0 Å². The standard InChI is InChI=1S/C17H24BrNO/c18-15-7-5-13(6-8-15)14-11-16(12-14)19-9-10-20-17-3-1-2-4-17/h5-8,14,16-17,19H,1-4,9-12H2. The second-order valence-corrected chi connectivity index (χ2v) is 7.06. The zero-order chi connectivity index (χ0) is 13.8. The lowest BCUT2D eigenvalue weighted by atomic mass is 9.76. The molecule has 1 N–H and O–H groups in total. The van der Waals surface area contributed by atoms with Crippen molar-refractivity contribution in [3.05, 3.63) is 34.3 Å². The van der Waals surface area contributed by atoms with Crippen molar-refractivity contribution in [3.63, 3.8) is 0 Å². The molecule has 0 spiro atoms. The van der Waals surface area contributed by atoms with Gasteiger partial charge in [-0.2, -0.15) is 0 Å². The van der Waals surface area contributed by atoms with Gasteiger partial charge in [-0.05, 0) is 49.3 Å². The molecule has 2 nitrogen and oxygen atoms in total. The maximum Gasteiger partial charge on any atom is 0.0594 e. The zero-order valence-electron chi connectivity index (χ0n) is 12.0. The van der Waals surface area contributed by atoms with Gasteiger partial charge in [0.15, 0.2) is 0 Å². The highest BCUT2D eigenvalue weighted by atomic mass is 79.9. The summed E-state index contributed by atoms with van der Waals surface area (Å²) in [5.41, 5.74) is 1.48. The van der Waals surface area contributed by atoms with E-state index in [1.54, 1.807) is 0 Å². The Balaban J connectivity index is 1.29. The SMILES string of the molecule is Brc1ccc(C2CC(NCCOC3CCCC3)C2)cc1. The van der Waals surface area contributed by atoms with E-state index in [9.17, 15) is 0 Å². The first-order valence-corrected chi connectivity index (χ1v) is 8.71. The molecule has 2 aliphatic rings. The summed E-state index contributed by atoms with van der Waals surface area (Å²) in [6, 6.07) is 9.47. The van der Waals surface area contributed by atoms with Crippen LogP contribution in [-0.2, 0) is 4.74 Å². The molecular formula is C17H24BrNO. The van der Waals surface area contributed by atoms with Crippen LogP contribution in [0.15, 0.2) is 28.7 Å². The van der Waals surface area contributed by atoms with Crippen LogP contribution in [0, 0.1) is 0 Å². The first-order valence-electron chi connectivity index (χ1n) is 7.92. The largest absolute Gasteiger partial charge is 0.377 e. The molecule has 0 aromatic heterocycles. The van der Waals surface area contributed by atoms with Crippen molar-refractivity contribution in [2.75, 3.05) is 13.2 Å². The third kappa shape index (κ3) is 3.84. The molecule has 0 heterocycles. The average Bonchev–Trinajstić information content (AvgIpc) is 2.91. The molecule has 0 unspecified atom stereocenters. The number of benzene rings is 1. The van der Waals surface area contributed by atoms with E-state index < -0.39 is 0 Å². The average molecular weight is 338 g/mol. The summed E-state index contributed by atoms with van der Waals surface area (Å²) < 4.78 is 7.04. The van der Waals surface area contributed by atoms with Crippen LogP contribution in [0.25, 0.3) is 0 Å². The van der Waals surface area contributed by atoms with E-state index in [0.717, 1.165) is 19.1 Å². The summed E-state index contributed by atoms with van der Waals surface area (Å²) >= 11 is 3.49. The Labute approximate surface area is 130 Å². The lowest BCUT2D eigenvalue weighted by Crippen LogP contribution is -2.41. The highest BCUT2D eigenvalue weighted by Crippen LogP contribution is 2.37. The predicted octanol–water partition coefficient (Wildman–Crippen LogP) is 4.24. The van der Waals surface area contributed by atoms with Crippen molar-refractivity contribution in [1.29, 1.82) is 0 Å². The van der Waals surface area contributed by atoms with E-state index in [4.69, 9.17) is 4.74 Å². The molecule has 0 amide bonds. The van der Waals surface area contributed by atoms with Gasteiger partial charge >= 0.3 is 0 Å². The van der Waals surface area contributed by atoms with Gasteiger partial charge in [0.05, 0.1) is 12.7 Å². The Morgan fingerprint density at radius 1 is 1.10 bits per heavy atom.